The Morgan fingerprint density at radius 1 is 0.964 bits per heavy atom. The van der Waals surface area contributed by atoms with Gasteiger partial charge < -0.3 is 25.2 Å². The summed E-state index contributed by atoms with van der Waals surface area (Å²) in [6.07, 6.45) is 0.268. The lowest BCUT2D eigenvalue weighted by Crippen LogP contribution is -2.15. The van der Waals surface area contributed by atoms with Crippen LogP contribution in [-0.4, -0.2) is 37.1 Å². The Balaban J connectivity index is 2.04. The van der Waals surface area contributed by atoms with E-state index in [1.54, 1.807) is 42.5 Å². The summed E-state index contributed by atoms with van der Waals surface area (Å²) < 4.78 is 10.4. The molecule has 2 aromatic carbocycles. The molecular formula is C20H22N2O6. The van der Waals surface area contributed by atoms with Crippen molar-refractivity contribution in [3.05, 3.63) is 48.0 Å². The number of carbonyl (C=O) groups excluding carboxylic acids is 2. The molecule has 0 aliphatic heterocycles. The van der Waals surface area contributed by atoms with Gasteiger partial charge in [-0.2, -0.15) is 0 Å². The van der Waals surface area contributed by atoms with Crippen LogP contribution in [0.15, 0.2) is 42.5 Å². The number of hydrogen-bond acceptors (Lipinski definition) is 5. The number of anilines is 2. The summed E-state index contributed by atoms with van der Waals surface area (Å²) in [5.41, 5.74) is 1.28. The number of hydrogen-bond donors (Lipinski definition) is 3. The number of methoxy groups -OCH3 is 2. The van der Waals surface area contributed by atoms with Crippen molar-refractivity contribution < 1.29 is 29.0 Å². The molecule has 8 heteroatoms. The van der Waals surface area contributed by atoms with Gasteiger partial charge in [-0.15, -0.1) is 0 Å². The van der Waals surface area contributed by atoms with E-state index in [9.17, 15) is 14.4 Å². The number of carboxylic acids is 1. The highest BCUT2D eigenvalue weighted by atomic mass is 16.5. The molecule has 0 aliphatic rings. The molecule has 0 spiro atoms. The van der Waals surface area contributed by atoms with Crippen LogP contribution in [0.2, 0.25) is 0 Å². The van der Waals surface area contributed by atoms with Crippen molar-refractivity contribution >= 4 is 29.2 Å². The first-order chi connectivity index (χ1) is 13.4. The van der Waals surface area contributed by atoms with Crippen molar-refractivity contribution in [3.8, 4) is 11.5 Å². The summed E-state index contributed by atoms with van der Waals surface area (Å²) in [5, 5.41) is 14.0. The van der Waals surface area contributed by atoms with Gasteiger partial charge in [0.25, 0.3) is 5.91 Å². The fourth-order valence-electron chi connectivity index (χ4n) is 2.46. The first-order valence-electron chi connectivity index (χ1n) is 8.58. The molecular weight excluding hydrogens is 364 g/mol. The number of carbonyl (C=O) groups is 3. The molecule has 0 heterocycles. The molecule has 0 bridgehead atoms. The quantitative estimate of drug-likeness (QED) is 0.610. The molecule has 0 saturated heterocycles. The molecule has 0 unspecified atom stereocenters. The van der Waals surface area contributed by atoms with Gasteiger partial charge in [0, 0.05) is 30.2 Å². The van der Waals surface area contributed by atoms with Crippen molar-refractivity contribution in [1.82, 2.24) is 0 Å². The minimum Gasteiger partial charge on any atom is -0.497 e. The second-order valence-electron chi connectivity index (χ2n) is 5.90. The van der Waals surface area contributed by atoms with Gasteiger partial charge in [0.2, 0.25) is 5.91 Å². The van der Waals surface area contributed by atoms with E-state index < -0.39 is 5.97 Å². The second-order valence-corrected chi connectivity index (χ2v) is 5.90. The third-order valence-electron chi connectivity index (χ3n) is 3.86. The van der Waals surface area contributed by atoms with E-state index in [1.807, 2.05) is 0 Å². The Hall–Kier alpha value is -3.55. The van der Waals surface area contributed by atoms with E-state index in [0.717, 1.165) is 0 Å². The van der Waals surface area contributed by atoms with Gasteiger partial charge in [0.05, 0.1) is 19.9 Å². The van der Waals surface area contributed by atoms with E-state index in [-0.39, 0.29) is 31.1 Å². The normalized spacial score (nSPS) is 10.1. The van der Waals surface area contributed by atoms with Crippen LogP contribution in [-0.2, 0) is 9.59 Å². The fourth-order valence-corrected chi connectivity index (χ4v) is 2.46. The van der Waals surface area contributed by atoms with E-state index in [2.05, 4.69) is 10.6 Å². The van der Waals surface area contributed by atoms with Gasteiger partial charge in [0.1, 0.15) is 11.5 Å². The van der Waals surface area contributed by atoms with Crippen molar-refractivity contribution in [2.75, 3.05) is 24.9 Å². The smallest absolute Gasteiger partial charge is 0.303 e. The van der Waals surface area contributed by atoms with Crippen molar-refractivity contribution in [1.29, 1.82) is 0 Å². The maximum Gasteiger partial charge on any atom is 0.303 e. The van der Waals surface area contributed by atoms with Crippen LogP contribution in [0.25, 0.3) is 0 Å². The number of rotatable bonds is 9. The summed E-state index contributed by atoms with van der Waals surface area (Å²) in [6.45, 7) is 0. The van der Waals surface area contributed by atoms with Crippen molar-refractivity contribution in [3.63, 3.8) is 0 Å². The lowest BCUT2D eigenvalue weighted by molar-refractivity contribution is -0.137. The largest absolute Gasteiger partial charge is 0.497 e. The van der Waals surface area contributed by atoms with Crippen LogP contribution in [0.3, 0.4) is 0 Å². The van der Waals surface area contributed by atoms with Gasteiger partial charge in [-0.1, -0.05) is 6.07 Å². The molecule has 0 aliphatic carbocycles. The predicted octanol–water partition coefficient (Wildman–Crippen LogP) is 3.15. The molecule has 2 rings (SSSR count). The minimum atomic E-state index is -0.944. The molecule has 2 amide bonds. The molecule has 0 fully saturated rings. The Morgan fingerprint density at radius 3 is 2.43 bits per heavy atom. The lowest BCUT2D eigenvalue weighted by atomic mass is 10.1. The molecule has 0 aromatic heterocycles. The van der Waals surface area contributed by atoms with Crippen LogP contribution in [0.5, 0.6) is 11.5 Å². The summed E-state index contributed by atoms with van der Waals surface area (Å²) in [5.74, 6) is -0.570. The zero-order valence-corrected chi connectivity index (χ0v) is 15.7. The molecule has 8 nitrogen and oxygen atoms in total. The van der Waals surface area contributed by atoms with Gasteiger partial charge in [-0.05, 0) is 36.8 Å². The van der Waals surface area contributed by atoms with E-state index in [4.69, 9.17) is 14.6 Å². The molecule has 0 radical (unpaired) electrons. The minimum absolute atomic E-state index is 0.0699. The highest BCUT2D eigenvalue weighted by Crippen LogP contribution is 2.29. The van der Waals surface area contributed by atoms with Crippen molar-refractivity contribution in [2.24, 2.45) is 0 Å². The average molecular weight is 386 g/mol. The Labute approximate surface area is 162 Å². The molecule has 0 saturated carbocycles. The lowest BCUT2D eigenvalue weighted by Gasteiger charge is -2.12. The number of ether oxygens (including phenoxy) is 2. The predicted molar refractivity (Wildman–Crippen MR) is 104 cm³/mol. The van der Waals surface area contributed by atoms with Crippen LogP contribution in [0, 0.1) is 0 Å². The van der Waals surface area contributed by atoms with Gasteiger partial charge >= 0.3 is 5.97 Å². The third kappa shape index (κ3) is 6.01. The number of aliphatic carboxylic acids is 1. The molecule has 0 atom stereocenters. The summed E-state index contributed by atoms with van der Waals surface area (Å²) in [4.78, 5) is 34.9. The van der Waals surface area contributed by atoms with E-state index in [0.29, 0.717) is 28.4 Å². The topological polar surface area (TPSA) is 114 Å². The number of carboxylic acid groups (broad SMARTS) is 1. The SMILES string of the molecule is COc1ccc(NC(=O)c2cccc(NC(=O)CCCC(=O)O)c2)c(OC)c1. The monoisotopic (exact) mass is 386 g/mol. The summed E-state index contributed by atoms with van der Waals surface area (Å²) in [6, 6.07) is 11.5. The summed E-state index contributed by atoms with van der Waals surface area (Å²) in [7, 11) is 3.03. The molecule has 2 aromatic rings. The van der Waals surface area contributed by atoms with E-state index >= 15 is 0 Å². The van der Waals surface area contributed by atoms with Crippen LogP contribution in [0.4, 0.5) is 11.4 Å². The fraction of sp³-hybridized carbons (Fsp3) is 0.250. The first-order valence-corrected chi connectivity index (χ1v) is 8.58. The van der Waals surface area contributed by atoms with Crippen molar-refractivity contribution in [2.45, 2.75) is 19.3 Å². The molecule has 148 valence electrons. The van der Waals surface area contributed by atoms with Gasteiger partial charge in [0.15, 0.2) is 0 Å². The Morgan fingerprint density at radius 2 is 1.75 bits per heavy atom. The Bertz CT molecular complexity index is 866. The Kier molecular flexibility index (Phi) is 7.38. The zero-order valence-electron chi connectivity index (χ0n) is 15.7. The highest BCUT2D eigenvalue weighted by Gasteiger charge is 2.12. The first kappa shape index (κ1) is 20.8. The van der Waals surface area contributed by atoms with Gasteiger partial charge in [-0.3, -0.25) is 14.4 Å². The third-order valence-corrected chi connectivity index (χ3v) is 3.86. The second kappa shape index (κ2) is 9.96. The molecule has 3 N–H and O–H groups in total. The summed E-state index contributed by atoms with van der Waals surface area (Å²) >= 11 is 0. The van der Waals surface area contributed by atoms with Crippen LogP contribution in [0.1, 0.15) is 29.6 Å². The number of amides is 2. The van der Waals surface area contributed by atoms with Crippen LogP contribution < -0.4 is 20.1 Å². The van der Waals surface area contributed by atoms with Crippen LogP contribution >= 0.6 is 0 Å². The number of nitrogens with one attached hydrogen (secondary N) is 2. The average Bonchev–Trinajstić information content (AvgIpc) is 2.68. The highest BCUT2D eigenvalue weighted by molar-refractivity contribution is 6.06. The maximum atomic E-state index is 12.5. The van der Waals surface area contributed by atoms with E-state index in [1.165, 1.54) is 14.2 Å². The maximum absolute atomic E-state index is 12.5. The molecule has 28 heavy (non-hydrogen) atoms. The van der Waals surface area contributed by atoms with Gasteiger partial charge in [-0.25, -0.2) is 0 Å². The number of benzene rings is 2. The zero-order chi connectivity index (χ0) is 20.5. The standard InChI is InChI=1S/C20H22N2O6/c1-27-15-9-10-16(17(12-15)28-2)22-20(26)13-5-3-6-14(11-13)21-18(23)7-4-8-19(24)25/h3,5-6,9-12H,4,7-8H2,1-2H3,(H,21,23)(H,22,26)(H,24,25).